The fraction of sp³-hybridized carbons (Fsp3) is 0.200. The number of hydrogen-bond acceptors (Lipinski definition) is 3. The van der Waals surface area contributed by atoms with Crippen LogP contribution < -0.4 is 4.90 Å². The summed E-state index contributed by atoms with van der Waals surface area (Å²) >= 11 is 0. The first-order valence-electron chi connectivity index (χ1n) is 7.66. The average molecular weight is 323 g/mol. The van der Waals surface area contributed by atoms with Crippen molar-refractivity contribution in [1.29, 1.82) is 0 Å². The molecule has 2 aromatic rings. The van der Waals surface area contributed by atoms with Crippen LogP contribution in [0.15, 0.2) is 67.2 Å². The van der Waals surface area contributed by atoms with Crippen molar-refractivity contribution in [3.8, 4) is 0 Å². The number of amides is 2. The SMILES string of the molecule is C=C(C(=O)N(C(=O)OC(C)(C)C)c1ccccc1)c1ccccc1. The van der Waals surface area contributed by atoms with Gasteiger partial charge in [0.1, 0.15) is 5.60 Å². The van der Waals surface area contributed by atoms with Crippen LogP contribution in [0.2, 0.25) is 0 Å². The van der Waals surface area contributed by atoms with Crippen molar-refractivity contribution in [2.24, 2.45) is 0 Å². The maximum absolute atomic E-state index is 12.9. The van der Waals surface area contributed by atoms with E-state index in [4.69, 9.17) is 4.74 Å². The van der Waals surface area contributed by atoms with Gasteiger partial charge in [-0.15, -0.1) is 0 Å². The molecule has 0 atom stereocenters. The Morgan fingerprint density at radius 2 is 1.42 bits per heavy atom. The number of carbonyl (C=O) groups is 2. The highest BCUT2D eigenvalue weighted by Crippen LogP contribution is 2.23. The van der Waals surface area contributed by atoms with Crippen molar-refractivity contribution in [2.45, 2.75) is 26.4 Å². The standard InChI is InChI=1S/C20H21NO3/c1-15(16-11-7-5-8-12-16)18(22)21(17-13-9-6-10-14-17)19(23)24-20(2,3)4/h5-14H,1H2,2-4H3. The third-order valence-corrected chi connectivity index (χ3v) is 3.17. The van der Waals surface area contributed by atoms with Gasteiger partial charge in [-0.25, -0.2) is 9.69 Å². The van der Waals surface area contributed by atoms with Gasteiger partial charge in [0.2, 0.25) is 0 Å². The second kappa shape index (κ2) is 7.13. The summed E-state index contributed by atoms with van der Waals surface area (Å²) in [7, 11) is 0. The third-order valence-electron chi connectivity index (χ3n) is 3.17. The van der Waals surface area contributed by atoms with Gasteiger partial charge in [0.15, 0.2) is 0 Å². The zero-order valence-electron chi connectivity index (χ0n) is 14.2. The van der Waals surface area contributed by atoms with E-state index in [0.717, 1.165) is 4.90 Å². The molecule has 4 heteroatoms. The Morgan fingerprint density at radius 1 is 0.917 bits per heavy atom. The average Bonchev–Trinajstić information content (AvgIpc) is 2.54. The third kappa shape index (κ3) is 4.32. The number of anilines is 1. The van der Waals surface area contributed by atoms with Crippen LogP contribution in [0.5, 0.6) is 0 Å². The van der Waals surface area contributed by atoms with E-state index in [1.165, 1.54) is 0 Å². The number of hydrogen-bond donors (Lipinski definition) is 0. The van der Waals surface area contributed by atoms with Crippen molar-refractivity contribution >= 4 is 23.3 Å². The monoisotopic (exact) mass is 323 g/mol. The second-order valence-corrected chi connectivity index (χ2v) is 6.30. The lowest BCUT2D eigenvalue weighted by Crippen LogP contribution is -2.41. The minimum atomic E-state index is -0.726. The molecule has 0 N–H and O–H groups in total. The second-order valence-electron chi connectivity index (χ2n) is 6.30. The Balaban J connectivity index is 2.37. The van der Waals surface area contributed by atoms with Crippen LogP contribution in [0.1, 0.15) is 26.3 Å². The van der Waals surface area contributed by atoms with Gasteiger partial charge in [-0.3, -0.25) is 4.79 Å². The molecule has 0 aliphatic carbocycles. The Kier molecular flexibility index (Phi) is 5.19. The van der Waals surface area contributed by atoms with Gasteiger partial charge >= 0.3 is 6.09 Å². The highest BCUT2D eigenvalue weighted by molar-refractivity contribution is 6.32. The van der Waals surface area contributed by atoms with Gasteiger partial charge in [-0.2, -0.15) is 0 Å². The molecular formula is C20H21NO3. The Hall–Kier alpha value is -2.88. The molecule has 0 aliphatic heterocycles. The summed E-state index contributed by atoms with van der Waals surface area (Å²) < 4.78 is 5.39. The van der Waals surface area contributed by atoms with Crippen LogP contribution in [-0.2, 0) is 9.53 Å². The van der Waals surface area contributed by atoms with Crippen LogP contribution in [0.3, 0.4) is 0 Å². The molecule has 124 valence electrons. The summed E-state index contributed by atoms with van der Waals surface area (Å²) in [6, 6.07) is 17.7. The quantitative estimate of drug-likeness (QED) is 0.771. The number of nitrogens with zero attached hydrogens (tertiary/aromatic N) is 1. The predicted molar refractivity (Wildman–Crippen MR) is 95.6 cm³/mol. The first-order valence-corrected chi connectivity index (χ1v) is 7.66. The Morgan fingerprint density at radius 3 is 1.92 bits per heavy atom. The van der Waals surface area contributed by atoms with Crippen LogP contribution in [-0.4, -0.2) is 17.6 Å². The molecule has 0 heterocycles. The molecule has 0 unspecified atom stereocenters. The number of para-hydroxylation sites is 1. The molecule has 0 aromatic heterocycles. The number of carbonyl (C=O) groups excluding carboxylic acids is 2. The van der Waals surface area contributed by atoms with E-state index in [1.807, 2.05) is 24.3 Å². The van der Waals surface area contributed by atoms with E-state index in [0.29, 0.717) is 11.3 Å². The van der Waals surface area contributed by atoms with E-state index in [9.17, 15) is 9.59 Å². The first-order chi connectivity index (χ1) is 11.3. The first kappa shape index (κ1) is 17.5. The van der Waals surface area contributed by atoms with Gasteiger partial charge in [0.25, 0.3) is 5.91 Å². The predicted octanol–water partition coefficient (Wildman–Crippen LogP) is 4.67. The number of imide groups is 1. The summed E-state index contributed by atoms with van der Waals surface area (Å²) in [5, 5.41) is 0. The fourth-order valence-electron chi connectivity index (χ4n) is 2.09. The molecule has 2 amide bonds. The molecule has 0 saturated carbocycles. The molecular weight excluding hydrogens is 302 g/mol. The van der Waals surface area contributed by atoms with Crippen LogP contribution >= 0.6 is 0 Å². The molecule has 0 saturated heterocycles. The van der Waals surface area contributed by atoms with Crippen molar-refractivity contribution in [3.05, 3.63) is 72.8 Å². The highest BCUT2D eigenvalue weighted by Gasteiger charge is 2.30. The lowest BCUT2D eigenvalue weighted by molar-refractivity contribution is -0.113. The van der Waals surface area contributed by atoms with Gasteiger partial charge in [-0.1, -0.05) is 55.1 Å². The number of ether oxygens (including phenoxy) is 1. The van der Waals surface area contributed by atoms with Gasteiger partial charge in [0.05, 0.1) is 5.69 Å². The van der Waals surface area contributed by atoms with Crippen LogP contribution in [0, 0.1) is 0 Å². The van der Waals surface area contributed by atoms with Gasteiger partial charge in [0, 0.05) is 5.57 Å². The number of benzene rings is 2. The highest BCUT2D eigenvalue weighted by atomic mass is 16.6. The molecule has 0 spiro atoms. The Labute approximate surface area is 142 Å². The number of rotatable bonds is 3. The van der Waals surface area contributed by atoms with Crippen molar-refractivity contribution in [1.82, 2.24) is 0 Å². The van der Waals surface area contributed by atoms with E-state index in [-0.39, 0.29) is 5.57 Å². The molecule has 0 aliphatic rings. The normalized spacial score (nSPS) is 10.8. The molecule has 4 nitrogen and oxygen atoms in total. The maximum atomic E-state index is 12.9. The van der Waals surface area contributed by atoms with Crippen molar-refractivity contribution in [3.63, 3.8) is 0 Å². The van der Waals surface area contributed by atoms with Crippen molar-refractivity contribution < 1.29 is 14.3 Å². The maximum Gasteiger partial charge on any atom is 0.422 e. The van der Waals surface area contributed by atoms with E-state index in [1.54, 1.807) is 57.2 Å². The molecule has 0 bridgehead atoms. The zero-order chi connectivity index (χ0) is 17.7. The summed E-state index contributed by atoms with van der Waals surface area (Å²) in [5.41, 5.74) is 0.615. The van der Waals surface area contributed by atoms with Gasteiger partial charge < -0.3 is 4.74 Å². The summed E-state index contributed by atoms with van der Waals surface area (Å²) in [6.45, 7) is 9.11. The molecule has 2 aromatic carbocycles. The Bertz CT molecular complexity index is 730. The molecule has 2 rings (SSSR count). The largest absolute Gasteiger partial charge is 0.443 e. The lowest BCUT2D eigenvalue weighted by Gasteiger charge is -2.26. The van der Waals surface area contributed by atoms with E-state index in [2.05, 4.69) is 6.58 Å². The zero-order valence-corrected chi connectivity index (χ0v) is 14.2. The molecule has 0 radical (unpaired) electrons. The smallest absolute Gasteiger partial charge is 0.422 e. The van der Waals surface area contributed by atoms with E-state index < -0.39 is 17.6 Å². The minimum absolute atomic E-state index is 0.227. The summed E-state index contributed by atoms with van der Waals surface area (Å²) in [6.07, 6.45) is -0.726. The summed E-state index contributed by atoms with van der Waals surface area (Å²) in [4.78, 5) is 26.5. The van der Waals surface area contributed by atoms with Crippen LogP contribution in [0.4, 0.5) is 10.5 Å². The molecule has 0 fully saturated rings. The topological polar surface area (TPSA) is 46.6 Å². The van der Waals surface area contributed by atoms with E-state index >= 15 is 0 Å². The van der Waals surface area contributed by atoms with Gasteiger partial charge in [-0.05, 0) is 38.5 Å². The van der Waals surface area contributed by atoms with Crippen molar-refractivity contribution in [2.75, 3.05) is 4.90 Å². The lowest BCUT2D eigenvalue weighted by atomic mass is 10.1. The fourth-order valence-corrected chi connectivity index (χ4v) is 2.09. The van der Waals surface area contributed by atoms with Crippen LogP contribution in [0.25, 0.3) is 5.57 Å². The summed E-state index contributed by atoms with van der Waals surface area (Å²) in [5.74, 6) is -0.512. The molecule has 24 heavy (non-hydrogen) atoms. The minimum Gasteiger partial charge on any atom is -0.443 e.